The Balaban J connectivity index is 1.81. The Bertz CT molecular complexity index is 1040. The molecule has 0 aliphatic carbocycles. The minimum absolute atomic E-state index is 0.150. The number of hydrogen-bond acceptors (Lipinski definition) is 3. The lowest BCUT2D eigenvalue weighted by Crippen LogP contribution is -2.10. The van der Waals surface area contributed by atoms with E-state index in [1.54, 1.807) is 12.1 Å². The van der Waals surface area contributed by atoms with Gasteiger partial charge in [0.25, 0.3) is 5.91 Å². The fourth-order valence-electron chi connectivity index (χ4n) is 3.34. The lowest BCUT2D eigenvalue weighted by Gasteiger charge is -2.15. The maximum atomic E-state index is 12.8. The zero-order valence-corrected chi connectivity index (χ0v) is 16.0. The van der Waals surface area contributed by atoms with Crippen molar-refractivity contribution in [3.8, 4) is 0 Å². The first-order valence-electron chi connectivity index (χ1n) is 9.12. The number of rotatable bonds is 5. The van der Waals surface area contributed by atoms with E-state index in [2.05, 4.69) is 10.6 Å². The maximum Gasteiger partial charge on any atom is 0.258 e. The van der Waals surface area contributed by atoms with Gasteiger partial charge in [0.2, 0.25) is 0 Å². The van der Waals surface area contributed by atoms with Crippen molar-refractivity contribution in [3.63, 3.8) is 0 Å². The highest BCUT2D eigenvalue weighted by Crippen LogP contribution is 2.38. The number of nitrogens with one attached hydrogen (secondary N) is 2. The second-order valence-corrected chi connectivity index (χ2v) is 7.06. The number of halogens is 1. The van der Waals surface area contributed by atoms with Crippen molar-refractivity contribution in [1.82, 2.24) is 0 Å². The molecule has 1 amide bonds. The summed E-state index contributed by atoms with van der Waals surface area (Å²) < 4.78 is 0. The van der Waals surface area contributed by atoms with Gasteiger partial charge in [-0.05, 0) is 48.4 Å². The quantitative estimate of drug-likeness (QED) is 0.550. The van der Waals surface area contributed by atoms with Gasteiger partial charge in [-0.1, -0.05) is 60.1 Å². The van der Waals surface area contributed by atoms with Gasteiger partial charge in [-0.2, -0.15) is 0 Å². The summed E-state index contributed by atoms with van der Waals surface area (Å²) in [5.74, 6) is -0.150. The molecule has 5 heteroatoms. The van der Waals surface area contributed by atoms with E-state index in [9.17, 15) is 4.79 Å². The van der Waals surface area contributed by atoms with Crippen LogP contribution in [-0.4, -0.2) is 12.5 Å². The summed E-state index contributed by atoms with van der Waals surface area (Å²) in [4.78, 5) is 12.8. The summed E-state index contributed by atoms with van der Waals surface area (Å²) in [5, 5.41) is 6.95. The van der Waals surface area contributed by atoms with Crippen molar-refractivity contribution >= 4 is 40.2 Å². The summed E-state index contributed by atoms with van der Waals surface area (Å²) in [6.07, 6.45) is 0.837. The standard InChI is InChI=1S/C23H20ClN3O/c24-17-8-11-19-20(14-17)27-23(28)21(19)22(16-4-2-1-3-5-16)26-18-9-6-15(7-10-18)12-13-25/h1-11,14,26H,12-13,25H2,(H,27,28). The van der Waals surface area contributed by atoms with E-state index < -0.39 is 0 Å². The molecule has 4 nitrogen and oxygen atoms in total. The van der Waals surface area contributed by atoms with Gasteiger partial charge in [-0.15, -0.1) is 0 Å². The summed E-state index contributed by atoms with van der Waals surface area (Å²) >= 11 is 6.09. The van der Waals surface area contributed by atoms with Gasteiger partial charge in [0.05, 0.1) is 17.0 Å². The molecule has 4 N–H and O–H groups in total. The van der Waals surface area contributed by atoms with Gasteiger partial charge in [0.1, 0.15) is 0 Å². The molecular weight excluding hydrogens is 370 g/mol. The van der Waals surface area contributed by atoms with Gasteiger partial charge in [0, 0.05) is 16.3 Å². The number of fused-ring (bicyclic) bond motifs is 1. The molecule has 3 aromatic rings. The first-order chi connectivity index (χ1) is 13.7. The van der Waals surface area contributed by atoms with E-state index >= 15 is 0 Å². The maximum absolute atomic E-state index is 12.8. The first-order valence-corrected chi connectivity index (χ1v) is 9.50. The molecule has 1 aliphatic rings. The Labute approximate surface area is 169 Å². The van der Waals surface area contributed by atoms with Crippen LogP contribution in [0.1, 0.15) is 16.7 Å². The fraction of sp³-hybridized carbons (Fsp3) is 0.0870. The second kappa shape index (κ2) is 7.89. The molecule has 0 saturated carbocycles. The van der Waals surface area contributed by atoms with Crippen LogP contribution in [0.3, 0.4) is 0 Å². The molecule has 3 aromatic carbocycles. The SMILES string of the molecule is NCCc1ccc(NC(=C2C(=O)Nc3cc(Cl)ccc32)c2ccccc2)cc1. The van der Waals surface area contributed by atoms with Crippen molar-refractivity contribution in [2.45, 2.75) is 6.42 Å². The molecule has 140 valence electrons. The Morgan fingerprint density at radius 3 is 2.46 bits per heavy atom. The van der Waals surface area contributed by atoms with Crippen LogP contribution in [0, 0.1) is 0 Å². The normalized spacial score (nSPS) is 14.4. The lowest BCUT2D eigenvalue weighted by molar-refractivity contribution is -0.110. The molecule has 0 radical (unpaired) electrons. The van der Waals surface area contributed by atoms with Gasteiger partial charge < -0.3 is 16.4 Å². The van der Waals surface area contributed by atoms with Gasteiger partial charge >= 0.3 is 0 Å². The monoisotopic (exact) mass is 389 g/mol. The van der Waals surface area contributed by atoms with Crippen LogP contribution in [-0.2, 0) is 11.2 Å². The summed E-state index contributed by atoms with van der Waals surface area (Å²) in [5.41, 5.74) is 11.6. The van der Waals surface area contributed by atoms with E-state index in [0.717, 1.165) is 34.6 Å². The van der Waals surface area contributed by atoms with Crippen LogP contribution in [0.25, 0.3) is 11.3 Å². The number of carbonyl (C=O) groups excluding carboxylic acids is 1. The van der Waals surface area contributed by atoms with E-state index in [0.29, 0.717) is 17.1 Å². The average Bonchev–Trinajstić information content (AvgIpc) is 3.03. The van der Waals surface area contributed by atoms with Crippen LogP contribution >= 0.6 is 11.6 Å². The van der Waals surface area contributed by atoms with Crippen molar-refractivity contribution in [2.24, 2.45) is 5.73 Å². The largest absolute Gasteiger partial charge is 0.354 e. The molecule has 0 saturated heterocycles. The third-order valence-corrected chi connectivity index (χ3v) is 4.93. The van der Waals surface area contributed by atoms with Crippen molar-refractivity contribution in [1.29, 1.82) is 0 Å². The number of carbonyl (C=O) groups is 1. The van der Waals surface area contributed by atoms with Crippen molar-refractivity contribution in [3.05, 3.63) is 94.5 Å². The molecular formula is C23H20ClN3O. The summed E-state index contributed by atoms with van der Waals surface area (Å²) in [7, 11) is 0. The molecule has 0 unspecified atom stereocenters. The minimum atomic E-state index is -0.150. The number of amides is 1. The van der Waals surface area contributed by atoms with Crippen LogP contribution in [0.2, 0.25) is 5.02 Å². The Morgan fingerprint density at radius 2 is 1.75 bits per heavy atom. The van der Waals surface area contributed by atoms with Crippen LogP contribution < -0.4 is 16.4 Å². The Morgan fingerprint density at radius 1 is 1.00 bits per heavy atom. The number of anilines is 2. The zero-order chi connectivity index (χ0) is 19.5. The summed E-state index contributed by atoms with van der Waals surface area (Å²) in [6.45, 7) is 0.617. The molecule has 0 fully saturated rings. The Hall–Kier alpha value is -3.08. The molecule has 1 heterocycles. The Kier molecular flexibility index (Phi) is 5.15. The highest BCUT2D eigenvalue weighted by Gasteiger charge is 2.28. The molecule has 1 aliphatic heterocycles. The predicted octanol–water partition coefficient (Wildman–Crippen LogP) is 4.77. The van der Waals surface area contributed by atoms with Crippen molar-refractivity contribution < 1.29 is 4.79 Å². The molecule has 28 heavy (non-hydrogen) atoms. The van der Waals surface area contributed by atoms with Crippen molar-refractivity contribution in [2.75, 3.05) is 17.2 Å². The highest BCUT2D eigenvalue weighted by molar-refractivity contribution is 6.38. The topological polar surface area (TPSA) is 67.1 Å². The molecule has 0 spiro atoms. The van der Waals surface area contributed by atoms with E-state index in [-0.39, 0.29) is 5.91 Å². The first kappa shape index (κ1) is 18.3. The fourth-order valence-corrected chi connectivity index (χ4v) is 3.51. The lowest BCUT2D eigenvalue weighted by atomic mass is 10.00. The van der Waals surface area contributed by atoms with Crippen LogP contribution in [0.4, 0.5) is 11.4 Å². The number of hydrogen-bond donors (Lipinski definition) is 3. The van der Waals surface area contributed by atoms with Crippen LogP contribution in [0.15, 0.2) is 72.8 Å². The molecule has 0 bridgehead atoms. The van der Waals surface area contributed by atoms with E-state index in [4.69, 9.17) is 17.3 Å². The van der Waals surface area contributed by atoms with Gasteiger partial charge in [0.15, 0.2) is 0 Å². The smallest absolute Gasteiger partial charge is 0.258 e. The summed E-state index contributed by atoms with van der Waals surface area (Å²) in [6, 6.07) is 23.4. The molecule has 0 aromatic heterocycles. The van der Waals surface area contributed by atoms with Gasteiger partial charge in [-0.3, -0.25) is 4.79 Å². The third-order valence-electron chi connectivity index (χ3n) is 4.69. The van der Waals surface area contributed by atoms with Crippen LogP contribution in [0.5, 0.6) is 0 Å². The zero-order valence-electron chi connectivity index (χ0n) is 15.2. The van der Waals surface area contributed by atoms with E-state index in [1.165, 1.54) is 5.56 Å². The molecule has 0 atom stereocenters. The van der Waals surface area contributed by atoms with E-state index in [1.807, 2.05) is 60.7 Å². The predicted molar refractivity (Wildman–Crippen MR) is 116 cm³/mol. The minimum Gasteiger partial charge on any atom is -0.354 e. The number of benzene rings is 3. The highest BCUT2D eigenvalue weighted by atomic mass is 35.5. The van der Waals surface area contributed by atoms with Gasteiger partial charge in [-0.25, -0.2) is 0 Å². The molecule has 4 rings (SSSR count). The second-order valence-electron chi connectivity index (χ2n) is 6.62. The number of nitrogens with two attached hydrogens (primary N) is 1. The third kappa shape index (κ3) is 3.65. The average molecular weight is 390 g/mol.